The van der Waals surface area contributed by atoms with Crippen molar-refractivity contribution in [3.8, 4) is 0 Å². The van der Waals surface area contributed by atoms with Crippen LogP contribution >= 0.6 is 0 Å². The molecule has 1 rings (SSSR count). The highest BCUT2D eigenvalue weighted by molar-refractivity contribution is 5.74. The van der Waals surface area contributed by atoms with Gasteiger partial charge in [-0.2, -0.15) is 0 Å². The zero-order chi connectivity index (χ0) is 12.8. The molecule has 0 saturated carbocycles. The van der Waals surface area contributed by atoms with Gasteiger partial charge in [0.1, 0.15) is 18.5 Å². The SMILES string of the molecule is CC(=O)NCC(O)C(O)c1cc(C=O)ccn1. The number of carbonyl (C=O) groups is 2. The van der Waals surface area contributed by atoms with Crippen LogP contribution in [0.25, 0.3) is 0 Å². The maximum absolute atomic E-state index is 10.6. The molecule has 0 aliphatic rings. The van der Waals surface area contributed by atoms with Gasteiger partial charge in [0.05, 0.1) is 5.69 Å². The van der Waals surface area contributed by atoms with E-state index in [0.29, 0.717) is 11.8 Å². The maximum Gasteiger partial charge on any atom is 0.216 e. The molecule has 0 fully saturated rings. The van der Waals surface area contributed by atoms with E-state index in [2.05, 4.69) is 10.3 Å². The van der Waals surface area contributed by atoms with E-state index in [-0.39, 0.29) is 18.1 Å². The molecule has 6 heteroatoms. The van der Waals surface area contributed by atoms with Crippen molar-refractivity contribution in [1.82, 2.24) is 10.3 Å². The van der Waals surface area contributed by atoms with Crippen LogP contribution < -0.4 is 5.32 Å². The lowest BCUT2D eigenvalue weighted by molar-refractivity contribution is -0.119. The van der Waals surface area contributed by atoms with Gasteiger partial charge in [0.25, 0.3) is 0 Å². The molecule has 0 spiro atoms. The zero-order valence-corrected chi connectivity index (χ0v) is 9.33. The number of carbonyl (C=O) groups excluding carboxylic acids is 2. The van der Waals surface area contributed by atoms with Crippen LogP contribution in [0.15, 0.2) is 18.3 Å². The Morgan fingerprint density at radius 3 is 2.88 bits per heavy atom. The number of hydrogen-bond donors (Lipinski definition) is 3. The first-order chi connectivity index (χ1) is 8.04. The number of aliphatic hydroxyl groups is 2. The molecule has 6 nitrogen and oxygen atoms in total. The maximum atomic E-state index is 10.6. The molecular weight excluding hydrogens is 224 g/mol. The van der Waals surface area contributed by atoms with E-state index in [9.17, 15) is 19.8 Å². The summed E-state index contributed by atoms with van der Waals surface area (Å²) in [6.45, 7) is 1.23. The molecule has 92 valence electrons. The summed E-state index contributed by atoms with van der Waals surface area (Å²) in [6.07, 6.45) is -0.430. The molecule has 0 bridgehead atoms. The number of rotatable bonds is 5. The monoisotopic (exact) mass is 238 g/mol. The fraction of sp³-hybridized carbons (Fsp3) is 0.364. The second-order valence-electron chi connectivity index (χ2n) is 3.58. The Balaban J connectivity index is 2.70. The van der Waals surface area contributed by atoms with Gasteiger partial charge in [-0.05, 0) is 12.1 Å². The molecule has 17 heavy (non-hydrogen) atoms. The lowest BCUT2D eigenvalue weighted by atomic mass is 10.1. The first kappa shape index (κ1) is 13.3. The van der Waals surface area contributed by atoms with Crippen LogP contribution in [0.1, 0.15) is 29.1 Å². The summed E-state index contributed by atoms with van der Waals surface area (Å²) in [5, 5.41) is 21.7. The Morgan fingerprint density at radius 2 is 2.29 bits per heavy atom. The third kappa shape index (κ3) is 3.93. The molecule has 0 aromatic carbocycles. The third-order valence-corrected chi connectivity index (χ3v) is 2.17. The highest BCUT2D eigenvalue weighted by atomic mass is 16.3. The molecular formula is C11H14N2O4. The zero-order valence-electron chi connectivity index (χ0n) is 9.33. The van der Waals surface area contributed by atoms with E-state index in [1.807, 2.05) is 0 Å². The summed E-state index contributed by atoms with van der Waals surface area (Å²) in [7, 11) is 0. The number of aromatic nitrogens is 1. The van der Waals surface area contributed by atoms with Crippen molar-refractivity contribution in [3.05, 3.63) is 29.6 Å². The van der Waals surface area contributed by atoms with Gasteiger partial charge in [-0.1, -0.05) is 0 Å². The summed E-state index contributed by atoms with van der Waals surface area (Å²) < 4.78 is 0. The number of nitrogens with one attached hydrogen (secondary N) is 1. The average Bonchev–Trinajstić information content (AvgIpc) is 2.35. The number of nitrogens with zero attached hydrogens (tertiary/aromatic N) is 1. The summed E-state index contributed by atoms with van der Waals surface area (Å²) in [5.41, 5.74) is 0.549. The summed E-state index contributed by atoms with van der Waals surface area (Å²) >= 11 is 0. The molecule has 3 N–H and O–H groups in total. The van der Waals surface area contributed by atoms with E-state index >= 15 is 0 Å². The Morgan fingerprint density at radius 1 is 1.59 bits per heavy atom. The van der Waals surface area contributed by atoms with E-state index < -0.39 is 12.2 Å². The largest absolute Gasteiger partial charge is 0.388 e. The normalized spacial score (nSPS) is 13.8. The molecule has 0 saturated heterocycles. The molecule has 0 aliphatic heterocycles. The van der Waals surface area contributed by atoms with Crippen molar-refractivity contribution in [3.63, 3.8) is 0 Å². The second-order valence-corrected chi connectivity index (χ2v) is 3.58. The van der Waals surface area contributed by atoms with Crippen LogP contribution in [0, 0.1) is 0 Å². The van der Waals surface area contributed by atoms with Crippen molar-refractivity contribution >= 4 is 12.2 Å². The predicted molar refractivity (Wildman–Crippen MR) is 59.3 cm³/mol. The summed E-state index contributed by atoms with van der Waals surface area (Å²) in [4.78, 5) is 25.0. The second kappa shape index (κ2) is 6.07. The molecule has 0 aliphatic carbocycles. The third-order valence-electron chi connectivity index (χ3n) is 2.17. The predicted octanol–water partition coefficient (Wildman–Crippen LogP) is -0.576. The van der Waals surface area contributed by atoms with Crippen molar-refractivity contribution in [2.24, 2.45) is 0 Å². The van der Waals surface area contributed by atoms with E-state index in [4.69, 9.17) is 0 Å². The van der Waals surface area contributed by atoms with Crippen molar-refractivity contribution in [2.75, 3.05) is 6.54 Å². The van der Waals surface area contributed by atoms with Gasteiger partial charge >= 0.3 is 0 Å². The number of hydrogen-bond acceptors (Lipinski definition) is 5. The molecule has 2 atom stereocenters. The standard InChI is InChI=1S/C11H14N2O4/c1-7(15)13-5-10(16)11(17)9-4-8(6-14)2-3-12-9/h2-4,6,10-11,16-17H,5H2,1H3,(H,13,15). The molecule has 1 aromatic rings. The lowest BCUT2D eigenvalue weighted by Gasteiger charge is -2.17. The molecule has 1 aromatic heterocycles. The average molecular weight is 238 g/mol. The van der Waals surface area contributed by atoms with Gasteiger partial charge in [-0.15, -0.1) is 0 Å². The van der Waals surface area contributed by atoms with Crippen LogP contribution in [0.4, 0.5) is 0 Å². The minimum absolute atomic E-state index is 0.0799. The number of aliphatic hydroxyl groups excluding tert-OH is 2. The number of aldehydes is 1. The van der Waals surface area contributed by atoms with Crippen LogP contribution in [0.3, 0.4) is 0 Å². The van der Waals surface area contributed by atoms with Gasteiger partial charge in [0.15, 0.2) is 0 Å². The Hall–Kier alpha value is -1.79. The smallest absolute Gasteiger partial charge is 0.216 e. The fourth-order valence-corrected chi connectivity index (χ4v) is 1.26. The number of amides is 1. The summed E-state index contributed by atoms with van der Waals surface area (Å²) in [5.74, 6) is -0.300. The molecule has 1 heterocycles. The van der Waals surface area contributed by atoms with E-state index in [1.54, 1.807) is 0 Å². The van der Waals surface area contributed by atoms with Crippen molar-refractivity contribution in [1.29, 1.82) is 0 Å². The minimum Gasteiger partial charge on any atom is -0.388 e. The Bertz CT molecular complexity index is 408. The summed E-state index contributed by atoms with van der Waals surface area (Å²) in [6, 6.07) is 2.87. The Labute approximate surface area is 98.3 Å². The lowest BCUT2D eigenvalue weighted by Crippen LogP contribution is -2.34. The van der Waals surface area contributed by atoms with Gasteiger partial charge in [-0.25, -0.2) is 0 Å². The van der Waals surface area contributed by atoms with Crippen LogP contribution in [0.2, 0.25) is 0 Å². The highest BCUT2D eigenvalue weighted by Gasteiger charge is 2.19. The van der Waals surface area contributed by atoms with Crippen molar-refractivity contribution in [2.45, 2.75) is 19.1 Å². The van der Waals surface area contributed by atoms with Crippen LogP contribution in [0.5, 0.6) is 0 Å². The van der Waals surface area contributed by atoms with Gasteiger partial charge < -0.3 is 15.5 Å². The quantitative estimate of drug-likeness (QED) is 0.596. The Kier molecular flexibility index (Phi) is 4.74. The highest BCUT2D eigenvalue weighted by Crippen LogP contribution is 2.14. The first-order valence-electron chi connectivity index (χ1n) is 5.06. The minimum atomic E-state index is -1.25. The van der Waals surface area contributed by atoms with Gasteiger partial charge in [-0.3, -0.25) is 14.6 Å². The molecule has 0 radical (unpaired) electrons. The topological polar surface area (TPSA) is 99.5 Å². The van der Waals surface area contributed by atoms with Crippen LogP contribution in [-0.4, -0.2) is 40.0 Å². The van der Waals surface area contributed by atoms with E-state index in [1.165, 1.54) is 25.3 Å². The van der Waals surface area contributed by atoms with Crippen LogP contribution in [-0.2, 0) is 4.79 Å². The van der Waals surface area contributed by atoms with Gasteiger partial charge in [0.2, 0.25) is 5.91 Å². The first-order valence-corrected chi connectivity index (χ1v) is 5.06. The number of pyridine rings is 1. The molecule has 1 amide bonds. The van der Waals surface area contributed by atoms with Crippen molar-refractivity contribution < 1.29 is 19.8 Å². The van der Waals surface area contributed by atoms with Gasteiger partial charge in [0, 0.05) is 25.2 Å². The molecule has 2 unspecified atom stereocenters. The fourth-order valence-electron chi connectivity index (χ4n) is 1.26. The van der Waals surface area contributed by atoms with E-state index in [0.717, 1.165) is 0 Å².